The summed E-state index contributed by atoms with van der Waals surface area (Å²) in [5, 5.41) is 7.84. The molecule has 5 aliphatic heterocycles. The Morgan fingerprint density at radius 1 is 0.627 bits per heavy atom. The van der Waals surface area contributed by atoms with E-state index in [-0.39, 0.29) is 89.6 Å². The van der Waals surface area contributed by atoms with Crippen molar-refractivity contribution < 1.29 is 64.5 Å². The molecular formula is C70H110AlLi2N5O5. The summed E-state index contributed by atoms with van der Waals surface area (Å²) in [6.07, 6.45) is 37.0. The van der Waals surface area contributed by atoms with Gasteiger partial charge in [0.2, 0.25) is 5.91 Å². The van der Waals surface area contributed by atoms with Gasteiger partial charge < -0.3 is 37.5 Å². The Morgan fingerprint density at radius 2 is 1.31 bits per heavy atom. The Kier molecular flexibility index (Phi) is 33.2. The summed E-state index contributed by atoms with van der Waals surface area (Å²) in [5.74, 6) is 1.08. The Bertz CT molecular complexity index is 2610. The maximum Gasteiger partial charge on any atom is 1.00 e. The summed E-state index contributed by atoms with van der Waals surface area (Å²) < 4.78 is 2.45. The summed E-state index contributed by atoms with van der Waals surface area (Å²) in [4.78, 5) is 42.1. The number of para-hydroxylation sites is 1. The Hall–Kier alpha value is -3.14. The molecule has 6 atom stereocenters. The molecule has 7 heterocycles. The van der Waals surface area contributed by atoms with Gasteiger partial charge in [-0.1, -0.05) is 102 Å². The van der Waals surface area contributed by atoms with Gasteiger partial charge in [0.15, 0.2) is 17.4 Å². The number of carbonyl (C=O) groups excluding carboxylic acids is 3. The van der Waals surface area contributed by atoms with Gasteiger partial charge in [0.25, 0.3) is 0 Å². The number of hydrogen-bond donors (Lipinski definition) is 3. The molecule has 4 fully saturated rings. The van der Waals surface area contributed by atoms with E-state index in [1.807, 2.05) is 12.2 Å². The molecule has 7 aliphatic rings. The van der Waals surface area contributed by atoms with Crippen LogP contribution in [0.1, 0.15) is 206 Å². The van der Waals surface area contributed by atoms with Gasteiger partial charge >= 0.3 is 37.7 Å². The van der Waals surface area contributed by atoms with Crippen LogP contribution in [-0.2, 0) is 45.6 Å². The molecule has 2 aromatic heterocycles. The third-order valence-corrected chi connectivity index (χ3v) is 20.6. The number of rotatable bonds is 11. The van der Waals surface area contributed by atoms with E-state index in [0.717, 1.165) is 83.7 Å². The van der Waals surface area contributed by atoms with Crippen molar-refractivity contribution in [2.75, 3.05) is 39.3 Å². The zero-order valence-electron chi connectivity index (χ0n) is 53.5. The molecule has 10 nitrogen and oxygen atoms in total. The predicted molar refractivity (Wildman–Crippen MR) is 345 cm³/mol. The number of Topliss-reactive ketones (excluding diaryl/α,β-unsaturated/α-hetero) is 2. The van der Waals surface area contributed by atoms with E-state index in [1.54, 1.807) is 5.56 Å². The Morgan fingerprint density at radius 3 is 1.98 bits per heavy atom. The van der Waals surface area contributed by atoms with E-state index in [0.29, 0.717) is 35.2 Å². The van der Waals surface area contributed by atoms with Crippen molar-refractivity contribution in [3.8, 4) is 11.1 Å². The monoisotopic (exact) mass is 1140 g/mol. The molecule has 2 bridgehead atoms. The van der Waals surface area contributed by atoms with Crippen LogP contribution in [0.15, 0.2) is 98.8 Å². The number of H-pyrrole nitrogens is 1. The number of amides is 1. The normalized spacial score (nSPS) is 26.7. The zero-order valence-corrected chi connectivity index (χ0v) is 52.5. The number of fused-ring (bicyclic) bond motifs is 7. The van der Waals surface area contributed by atoms with Gasteiger partial charge in [-0.15, -0.1) is 19.7 Å². The van der Waals surface area contributed by atoms with Crippen molar-refractivity contribution in [3.05, 3.63) is 121 Å². The van der Waals surface area contributed by atoms with E-state index >= 15 is 0 Å². The molecule has 0 spiro atoms. The minimum atomic E-state index is -0.139. The van der Waals surface area contributed by atoms with Gasteiger partial charge in [0.1, 0.15) is 11.6 Å². The number of carbonyl (C=O) groups is 3. The minimum Gasteiger partial charge on any atom is -1.00 e. The van der Waals surface area contributed by atoms with Crippen molar-refractivity contribution in [2.45, 2.75) is 214 Å². The summed E-state index contributed by atoms with van der Waals surface area (Å²) in [6, 6.07) is 19.6. The molecule has 450 valence electrons. The second kappa shape index (κ2) is 36.2. The molecule has 0 radical (unpaired) electrons. The van der Waals surface area contributed by atoms with E-state index in [1.165, 1.54) is 155 Å². The van der Waals surface area contributed by atoms with Gasteiger partial charge in [-0.05, 0) is 194 Å². The molecule has 4 aromatic rings. The van der Waals surface area contributed by atoms with Crippen molar-refractivity contribution in [3.63, 3.8) is 0 Å². The fourth-order valence-electron chi connectivity index (χ4n) is 15.1. The molecule has 1 unspecified atom stereocenters. The number of aryl methyl sites for hydroxylation is 2. The smallest absolute Gasteiger partial charge is 1.00 e. The number of ketones is 2. The first-order chi connectivity index (χ1) is 37.9. The van der Waals surface area contributed by atoms with Crippen LogP contribution in [0, 0.1) is 21.7 Å². The first kappa shape index (κ1) is 76.0. The van der Waals surface area contributed by atoms with Crippen LogP contribution in [0.5, 0.6) is 0 Å². The van der Waals surface area contributed by atoms with Gasteiger partial charge in [0, 0.05) is 96.9 Å². The van der Waals surface area contributed by atoms with Gasteiger partial charge in [-0.25, -0.2) is 0 Å². The van der Waals surface area contributed by atoms with E-state index in [4.69, 9.17) is 0 Å². The van der Waals surface area contributed by atoms with Crippen LogP contribution >= 0.6 is 0 Å². The number of piperidine rings is 3. The van der Waals surface area contributed by atoms with E-state index in [2.05, 4.69) is 146 Å². The van der Waals surface area contributed by atoms with Gasteiger partial charge in [-0.2, -0.15) is 0 Å². The van der Waals surface area contributed by atoms with E-state index in [9.17, 15) is 14.4 Å². The molecule has 1 saturated carbocycles. The van der Waals surface area contributed by atoms with Crippen LogP contribution < -0.4 is 48.4 Å². The first-order valence-corrected chi connectivity index (χ1v) is 31.3. The fraction of sp³-hybridized carbons (Fsp3) is 0.614. The van der Waals surface area contributed by atoms with Crippen LogP contribution in [0.25, 0.3) is 22.0 Å². The minimum absolute atomic E-state index is 0. The predicted octanol–water partition coefficient (Wildman–Crippen LogP) is 7.90. The van der Waals surface area contributed by atoms with Crippen molar-refractivity contribution in [2.24, 2.45) is 21.7 Å². The summed E-state index contributed by atoms with van der Waals surface area (Å²) in [6.45, 7) is 30.6. The summed E-state index contributed by atoms with van der Waals surface area (Å²) in [7, 11) is 0. The molecule has 13 heteroatoms. The first-order valence-electron chi connectivity index (χ1n) is 31.3. The standard InChI is InChI=1S/C20H23NO.C19H26N2.C11H18O.C10H17NO.C10H19N.Al.2Li.2H2O.4H/c1-2-20-10-5-12-21-13-9-18(19(20)21)17-7-4-3-6-15(17)14-16(22)8-11-20;1-2-19-10-5-12-21(14-19)13-9-16-15-6-3-4-7-17(15)20-18(16)8-11-19;1-3-8-11(4-2)9-6-5-7-10(11)12;1-3-6-10(4-2)7-5-8-11-9(10)12;1-3-6-10(4-2)7-5-8-11-9-10;;;;;;;;;/h3-4,6-7,9,13H,2,5,8,10-12,14H2,1H3;3-4,6-7,20H,2,5,8-14H2,1H3;3H,1,4-9H2,2H3;3H,1,4-8H2,2H3,(H,11,12);3,11H,1,4-9H2,2H3;;;;2*1H2;;;;/q;;;;;;2*+1;;;;;;-1/p-1/t20-;19-;11-;2*10-;;;;;;;;;/m00111........./s1. The molecule has 11 rings (SSSR count). The second-order valence-corrected chi connectivity index (χ2v) is 24.9. The van der Waals surface area contributed by atoms with Crippen LogP contribution in [0.3, 0.4) is 0 Å². The Balaban J connectivity index is 0.000000533. The van der Waals surface area contributed by atoms with Gasteiger partial charge in [0.05, 0.1) is 5.41 Å². The van der Waals surface area contributed by atoms with Crippen LogP contribution in [-0.4, -0.2) is 99.5 Å². The van der Waals surface area contributed by atoms with E-state index < -0.39 is 0 Å². The number of nitrogens with one attached hydrogen (secondary N) is 3. The maximum atomic E-state index is 12.4. The summed E-state index contributed by atoms with van der Waals surface area (Å²) in [5.41, 5.74) is 10.9. The number of nitrogens with zero attached hydrogens (tertiary/aromatic N) is 2. The molecule has 83 heavy (non-hydrogen) atoms. The third kappa shape index (κ3) is 18.5. The molecule has 6 N–H and O–H groups in total. The zero-order chi connectivity index (χ0) is 55.7. The fourth-order valence-corrected chi connectivity index (χ4v) is 15.1. The average Bonchev–Trinajstić information content (AvgIpc) is 4.15. The van der Waals surface area contributed by atoms with Crippen LogP contribution in [0.2, 0.25) is 0 Å². The number of hydrogen-bond acceptors (Lipinski definition) is 6. The molecule has 3 saturated heterocycles. The Labute approximate surface area is 538 Å². The number of allylic oxidation sites excluding steroid dienone is 3. The number of aromatic nitrogens is 2. The molecule has 1 amide bonds. The largest absolute Gasteiger partial charge is 1.00 e. The van der Waals surface area contributed by atoms with Crippen molar-refractivity contribution >= 4 is 45.7 Å². The quantitative estimate of drug-likeness (QED) is 0.102. The maximum absolute atomic E-state index is 12.4. The molecular weight excluding hydrogens is 1030 g/mol. The average molecular weight is 1140 g/mol. The topological polar surface area (TPSA) is 161 Å². The number of aromatic amines is 1. The summed E-state index contributed by atoms with van der Waals surface area (Å²) >= 11 is 0. The van der Waals surface area contributed by atoms with Crippen LogP contribution in [0.4, 0.5) is 0 Å². The third-order valence-electron chi connectivity index (χ3n) is 20.6. The SMILES string of the molecule is C=CC[C@]1(CC)CCCCC1=O.C=CC[C@]1(CC)CCCNC1.C=CC[C@]1(CC)CCCNC1=O.CC[C@@]12CCCn3ccc(c31)-c1ccccc1CC(=O)CC2.CC[C@]12CCCN(CCc3c([nH]c4ccccc34)CC1)C2.O.[AlH3].[H-].[Li+].[Li+].[OH-]. The molecule has 2 aliphatic carbocycles. The number of benzene rings is 2. The van der Waals surface area contributed by atoms with Crippen molar-refractivity contribution in [1.82, 2.24) is 25.1 Å². The second-order valence-electron chi connectivity index (χ2n) is 24.9. The van der Waals surface area contributed by atoms with Crippen molar-refractivity contribution in [1.29, 1.82) is 0 Å². The molecule has 2 aromatic carbocycles. The van der Waals surface area contributed by atoms with Gasteiger partial charge in [-0.3, -0.25) is 14.4 Å².